The van der Waals surface area contributed by atoms with Gasteiger partial charge in [-0.2, -0.15) is 0 Å². The molecule has 0 aliphatic rings. The molecule has 0 aliphatic heterocycles. The van der Waals surface area contributed by atoms with Gasteiger partial charge in [0.25, 0.3) is 5.91 Å². The van der Waals surface area contributed by atoms with E-state index >= 15 is 0 Å². The highest BCUT2D eigenvalue weighted by molar-refractivity contribution is 8.01. The smallest absolute Gasteiger partial charge is 0.257 e. The molecule has 0 saturated carbocycles. The number of benzene rings is 2. The molecule has 2 amide bonds. The topological polar surface area (TPSA) is 84.0 Å². The maximum Gasteiger partial charge on any atom is 0.257 e. The number of rotatable bonds is 6. The summed E-state index contributed by atoms with van der Waals surface area (Å²) in [6, 6.07) is 8.00. The molecule has 0 aliphatic carbocycles. The van der Waals surface area contributed by atoms with Crippen molar-refractivity contribution in [3.05, 3.63) is 65.5 Å². The molecule has 0 unspecified atom stereocenters. The summed E-state index contributed by atoms with van der Waals surface area (Å²) in [6.07, 6.45) is 0. The van der Waals surface area contributed by atoms with Crippen molar-refractivity contribution in [1.29, 1.82) is 0 Å². The Morgan fingerprint density at radius 2 is 1.79 bits per heavy atom. The number of hydrogen-bond donors (Lipinski definition) is 2. The SMILES string of the molecule is O=C(CSc1nnc(NC(=O)c2cccc(F)c2)s1)Nc1ccc(F)cc1F. The van der Waals surface area contributed by atoms with Crippen LogP contribution in [0.25, 0.3) is 0 Å². The average molecular weight is 424 g/mol. The largest absolute Gasteiger partial charge is 0.323 e. The monoisotopic (exact) mass is 424 g/mol. The van der Waals surface area contributed by atoms with Gasteiger partial charge in [0.15, 0.2) is 4.34 Å². The second kappa shape index (κ2) is 8.85. The van der Waals surface area contributed by atoms with Gasteiger partial charge in [0.1, 0.15) is 17.5 Å². The number of carbonyl (C=O) groups excluding carboxylic acids is 2. The number of nitrogens with zero attached hydrogens (tertiary/aromatic N) is 2. The van der Waals surface area contributed by atoms with Gasteiger partial charge in [0.05, 0.1) is 11.4 Å². The molecule has 0 atom stereocenters. The summed E-state index contributed by atoms with van der Waals surface area (Å²) in [6.45, 7) is 0. The van der Waals surface area contributed by atoms with E-state index in [1.54, 1.807) is 0 Å². The zero-order chi connectivity index (χ0) is 20.1. The molecule has 6 nitrogen and oxygen atoms in total. The van der Waals surface area contributed by atoms with E-state index in [9.17, 15) is 22.8 Å². The van der Waals surface area contributed by atoms with E-state index in [4.69, 9.17) is 0 Å². The Balaban J connectivity index is 1.53. The fourth-order valence-corrected chi connectivity index (χ4v) is 3.57. The highest BCUT2D eigenvalue weighted by Crippen LogP contribution is 2.26. The average Bonchev–Trinajstić information content (AvgIpc) is 3.10. The molecule has 1 aromatic heterocycles. The van der Waals surface area contributed by atoms with E-state index in [1.807, 2.05) is 0 Å². The predicted molar refractivity (Wildman–Crippen MR) is 100.0 cm³/mol. The van der Waals surface area contributed by atoms with E-state index in [0.717, 1.165) is 41.3 Å². The number of nitrogens with one attached hydrogen (secondary N) is 2. The minimum absolute atomic E-state index is 0.0940. The van der Waals surface area contributed by atoms with E-state index in [2.05, 4.69) is 20.8 Å². The van der Waals surface area contributed by atoms with Crippen LogP contribution in [0.1, 0.15) is 10.4 Å². The molecular weight excluding hydrogens is 413 g/mol. The molecule has 28 heavy (non-hydrogen) atoms. The lowest BCUT2D eigenvalue weighted by Gasteiger charge is -2.05. The van der Waals surface area contributed by atoms with E-state index in [1.165, 1.54) is 18.2 Å². The summed E-state index contributed by atoms with van der Waals surface area (Å²) in [5, 5.41) is 12.6. The molecule has 3 aromatic rings. The van der Waals surface area contributed by atoms with Crippen LogP contribution in [0.4, 0.5) is 24.0 Å². The Morgan fingerprint density at radius 1 is 1.00 bits per heavy atom. The first-order chi connectivity index (χ1) is 13.4. The van der Waals surface area contributed by atoms with Crippen molar-refractivity contribution in [2.24, 2.45) is 0 Å². The Kier molecular flexibility index (Phi) is 6.26. The first-order valence-electron chi connectivity index (χ1n) is 7.69. The lowest BCUT2D eigenvalue weighted by Crippen LogP contribution is -2.15. The van der Waals surface area contributed by atoms with Crippen molar-refractivity contribution >= 4 is 45.7 Å². The summed E-state index contributed by atoms with van der Waals surface area (Å²) in [5.74, 6) is -3.32. The molecule has 11 heteroatoms. The third kappa shape index (κ3) is 5.30. The fourth-order valence-electron chi connectivity index (χ4n) is 2.02. The van der Waals surface area contributed by atoms with Crippen LogP contribution in [0.5, 0.6) is 0 Å². The molecule has 2 aromatic carbocycles. The summed E-state index contributed by atoms with van der Waals surface area (Å²) in [7, 11) is 0. The predicted octanol–water partition coefficient (Wildman–Crippen LogP) is 3.94. The first-order valence-corrected chi connectivity index (χ1v) is 9.49. The van der Waals surface area contributed by atoms with Gasteiger partial charge in [-0.1, -0.05) is 29.2 Å². The third-order valence-electron chi connectivity index (χ3n) is 3.25. The normalized spacial score (nSPS) is 10.5. The highest BCUT2D eigenvalue weighted by atomic mass is 32.2. The molecule has 3 rings (SSSR count). The van der Waals surface area contributed by atoms with Crippen molar-refractivity contribution in [2.45, 2.75) is 4.34 Å². The second-order valence-corrected chi connectivity index (χ2v) is 7.50. The molecular formula is C17H11F3N4O2S2. The maximum absolute atomic E-state index is 13.5. The van der Waals surface area contributed by atoms with Crippen molar-refractivity contribution in [3.8, 4) is 0 Å². The summed E-state index contributed by atoms with van der Waals surface area (Å²) < 4.78 is 39.9. The van der Waals surface area contributed by atoms with Gasteiger partial charge in [-0.25, -0.2) is 13.2 Å². The number of halogens is 3. The lowest BCUT2D eigenvalue weighted by molar-refractivity contribution is -0.113. The third-order valence-corrected chi connectivity index (χ3v) is 5.22. The quantitative estimate of drug-likeness (QED) is 0.463. The van der Waals surface area contributed by atoms with Crippen LogP contribution in [-0.2, 0) is 4.79 Å². The zero-order valence-corrected chi connectivity index (χ0v) is 15.5. The van der Waals surface area contributed by atoms with Crippen LogP contribution in [-0.4, -0.2) is 27.8 Å². The number of anilines is 2. The summed E-state index contributed by atoms with van der Waals surface area (Å²) in [5.41, 5.74) is -0.00239. The van der Waals surface area contributed by atoms with E-state index < -0.39 is 29.3 Å². The van der Waals surface area contributed by atoms with Crippen LogP contribution < -0.4 is 10.6 Å². The molecule has 2 N–H and O–H groups in total. The van der Waals surface area contributed by atoms with Crippen LogP contribution in [0.15, 0.2) is 46.8 Å². The van der Waals surface area contributed by atoms with Crippen LogP contribution in [0.2, 0.25) is 0 Å². The van der Waals surface area contributed by atoms with Gasteiger partial charge in [0, 0.05) is 11.6 Å². The summed E-state index contributed by atoms with van der Waals surface area (Å²) in [4.78, 5) is 23.9. The van der Waals surface area contributed by atoms with Gasteiger partial charge in [-0.05, 0) is 30.3 Å². The second-order valence-electron chi connectivity index (χ2n) is 5.30. The Bertz CT molecular complexity index is 1030. The molecule has 0 saturated heterocycles. The van der Waals surface area contributed by atoms with Crippen molar-refractivity contribution < 1.29 is 22.8 Å². The van der Waals surface area contributed by atoms with Gasteiger partial charge in [-0.3, -0.25) is 14.9 Å². The van der Waals surface area contributed by atoms with Crippen LogP contribution in [0, 0.1) is 17.5 Å². The highest BCUT2D eigenvalue weighted by Gasteiger charge is 2.13. The number of carbonyl (C=O) groups is 2. The molecule has 0 bridgehead atoms. The molecule has 1 heterocycles. The number of amides is 2. The van der Waals surface area contributed by atoms with Crippen molar-refractivity contribution in [3.63, 3.8) is 0 Å². The number of aromatic nitrogens is 2. The van der Waals surface area contributed by atoms with Gasteiger partial charge in [-0.15, -0.1) is 10.2 Å². The fraction of sp³-hybridized carbons (Fsp3) is 0.0588. The Morgan fingerprint density at radius 3 is 2.54 bits per heavy atom. The summed E-state index contributed by atoms with van der Waals surface area (Å²) >= 11 is 2.05. The Hall–Kier alpha value is -2.92. The minimum atomic E-state index is -0.878. The molecule has 144 valence electrons. The van der Waals surface area contributed by atoms with E-state index in [-0.39, 0.29) is 22.1 Å². The van der Waals surface area contributed by atoms with Gasteiger partial charge >= 0.3 is 0 Å². The van der Waals surface area contributed by atoms with Crippen molar-refractivity contribution in [2.75, 3.05) is 16.4 Å². The first kappa shape index (κ1) is 19.8. The standard InChI is InChI=1S/C17H11F3N4O2S2/c18-10-3-1-2-9(6-10)15(26)22-16-23-24-17(28-16)27-8-14(25)21-13-5-4-11(19)7-12(13)20/h1-7H,8H2,(H,21,25)(H,22,23,26). The van der Waals surface area contributed by atoms with Gasteiger partial charge < -0.3 is 5.32 Å². The molecule has 0 spiro atoms. The molecule has 0 radical (unpaired) electrons. The zero-order valence-electron chi connectivity index (χ0n) is 13.9. The Labute approximate surface area is 165 Å². The van der Waals surface area contributed by atoms with Crippen LogP contribution in [0.3, 0.4) is 0 Å². The number of hydrogen-bond acceptors (Lipinski definition) is 6. The van der Waals surface area contributed by atoms with E-state index in [0.29, 0.717) is 10.4 Å². The van der Waals surface area contributed by atoms with Crippen molar-refractivity contribution in [1.82, 2.24) is 10.2 Å². The number of thioether (sulfide) groups is 1. The van der Waals surface area contributed by atoms with Crippen LogP contribution >= 0.6 is 23.1 Å². The maximum atomic E-state index is 13.5. The lowest BCUT2D eigenvalue weighted by atomic mass is 10.2. The minimum Gasteiger partial charge on any atom is -0.323 e. The molecule has 0 fully saturated rings. The van der Waals surface area contributed by atoms with Gasteiger partial charge in [0.2, 0.25) is 11.0 Å².